The molecule has 0 amide bonds. The summed E-state index contributed by atoms with van der Waals surface area (Å²) in [5, 5.41) is 0.623. The Hall–Kier alpha value is -1.02. The molecule has 13 heavy (non-hydrogen) atoms. The smallest absolute Gasteiger partial charge is 0.338 e. The number of cyclic esters (lactones) is 1. The second-order valence-electron chi connectivity index (χ2n) is 3.09. The van der Waals surface area contributed by atoms with Gasteiger partial charge in [0.1, 0.15) is 0 Å². The molecule has 0 bridgehead atoms. The van der Waals surface area contributed by atoms with Crippen molar-refractivity contribution in [1.29, 1.82) is 0 Å². The van der Waals surface area contributed by atoms with Crippen molar-refractivity contribution in [3.8, 4) is 0 Å². The minimum atomic E-state index is -0.249. The minimum absolute atomic E-state index is 0.249. The van der Waals surface area contributed by atoms with Crippen LogP contribution in [0.25, 0.3) is 0 Å². The molecule has 2 rings (SSSR count). The largest absolute Gasteiger partial charge is 0.462 e. The molecule has 1 aromatic rings. The predicted molar refractivity (Wildman–Crippen MR) is 50.2 cm³/mol. The monoisotopic (exact) mass is 196 g/mol. The van der Waals surface area contributed by atoms with Gasteiger partial charge in [-0.1, -0.05) is 17.7 Å². The van der Waals surface area contributed by atoms with Crippen LogP contribution in [0.4, 0.5) is 0 Å². The van der Waals surface area contributed by atoms with Gasteiger partial charge in [-0.3, -0.25) is 0 Å². The van der Waals surface area contributed by atoms with Crippen molar-refractivity contribution in [3.63, 3.8) is 0 Å². The van der Waals surface area contributed by atoms with E-state index in [9.17, 15) is 4.79 Å². The zero-order chi connectivity index (χ0) is 9.42. The lowest BCUT2D eigenvalue weighted by molar-refractivity contribution is 0.0479. The van der Waals surface area contributed by atoms with E-state index in [0.717, 1.165) is 17.5 Å². The number of fused-ring (bicyclic) bond motifs is 1. The Morgan fingerprint density at radius 1 is 1.46 bits per heavy atom. The molecular formula is C10H9ClO2. The summed E-state index contributed by atoms with van der Waals surface area (Å²) < 4.78 is 4.94. The zero-order valence-electron chi connectivity index (χ0n) is 7.26. The van der Waals surface area contributed by atoms with Crippen LogP contribution < -0.4 is 0 Å². The van der Waals surface area contributed by atoms with Crippen LogP contribution in [0.5, 0.6) is 0 Å². The number of esters is 1. The number of hydrogen-bond donors (Lipinski definition) is 0. The molecule has 2 nitrogen and oxygen atoms in total. The van der Waals surface area contributed by atoms with Gasteiger partial charge in [0.25, 0.3) is 0 Å². The third-order valence-corrected chi connectivity index (χ3v) is 2.70. The highest BCUT2D eigenvalue weighted by Gasteiger charge is 2.21. The first kappa shape index (κ1) is 8.57. The SMILES string of the molecule is Cc1c(Cl)ccc2c1C(=O)OCC2. The number of ether oxygens (including phenoxy) is 1. The van der Waals surface area contributed by atoms with E-state index < -0.39 is 0 Å². The Labute approximate surface area is 81.5 Å². The van der Waals surface area contributed by atoms with Crippen molar-refractivity contribution in [3.05, 3.63) is 33.8 Å². The van der Waals surface area contributed by atoms with Crippen LogP contribution in [0, 0.1) is 6.92 Å². The van der Waals surface area contributed by atoms with E-state index in [4.69, 9.17) is 16.3 Å². The minimum Gasteiger partial charge on any atom is -0.462 e. The van der Waals surface area contributed by atoms with E-state index in [0.29, 0.717) is 17.2 Å². The lowest BCUT2D eigenvalue weighted by Gasteiger charge is -2.17. The van der Waals surface area contributed by atoms with E-state index in [1.807, 2.05) is 19.1 Å². The summed E-state index contributed by atoms with van der Waals surface area (Å²) in [5.74, 6) is -0.249. The third kappa shape index (κ3) is 1.31. The van der Waals surface area contributed by atoms with Gasteiger partial charge in [-0.15, -0.1) is 0 Å². The first-order valence-corrected chi connectivity index (χ1v) is 4.53. The Balaban J connectivity index is 2.65. The highest BCUT2D eigenvalue weighted by molar-refractivity contribution is 6.31. The molecule has 0 fully saturated rings. The fraction of sp³-hybridized carbons (Fsp3) is 0.300. The average molecular weight is 197 g/mol. The van der Waals surface area contributed by atoms with Crippen molar-refractivity contribution in [2.75, 3.05) is 6.61 Å². The molecule has 0 unspecified atom stereocenters. The van der Waals surface area contributed by atoms with Gasteiger partial charge >= 0.3 is 5.97 Å². The molecule has 3 heteroatoms. The van der Waals surface area contributed by atoms with Gasteiger partial charge in [-0.25, -0.2) is 4.79 Å². The zero-order valence-corrected chi connectivity index (χ0v) is 8.02. The van der Waals surface area contributed by atoms with Gasteiger partial charge in [0.05, 0.1) is 12.2 Å². The summed E-state index contributed by atoms with van der Waals surface area (Å²) >= 11 is 5.90. The van der Waals surface area contributed by atoms with Gasteiger partial charge in [0.2, 0.25) is 0 Å². The molecule has 0 N–H and O–H groups in total. The van der Waals surface area contributed by atoms with Gasteiger partial charge in [-0.2, -0.15) is 0 Å². The molecule has 1 heterocycles. The van der Waals surface area contributed by atoms with Crippen molar-refractivity contribution in [1.82, 2.24) is 0 Å². The lowest BCUT2D eigenvalue weighted by atomic mass is 9.98. The maximum atomic E-state index is 11.4. The maximum Gasteiger partial charge on any atom is 0.338 e. The van der Waals surface area contributed by atoms with E-state index in [2.05, 4.69) is 0 Å². The molecule has 0 spiro atoms. The highest BCUT2D eigenvalue weighted by atomic mass is 35.5. The molecule has 0 aromatic heterocycles. The molecule has 0 saturated carbocycles. The summed E-state index contributed by atoms with van der Waals surface area (Å²) in [6.07, 6.45) is 0.791. The molecule has 0 atom stereocenters. The van der Waals surface area contributed by atoms with Crippen molar-refractivity contribution in [2.45, 2.75) is 13.3 Å². The van der Waals surface area contributed by atoms with Crippen molar-refractivity contribution < 1.29 is 9.53 Å². The number of rotatable bonds is 0. The third-order valence-electron chi connectivity index (χ3n) is 2.29. The van der Waals surface area contributed by atoms with Crippen LogP contribution in [0.2, 0.25) is 5.02 Å². The van der Waals surface area contributed by atoms with E-state index in [1.165, 1.54) is 0 Å². The predicted octanol–water partition coefficient (Wildman–Crippen LogP) is 2.36. The fourth-order valence-corrected chi connectivity index (χ4v) is 1.72. The van der Waals surface area contributed by atoms with Crippen LogP contribution in [-0.4, -0.2) is 12.6 Å². The molecule has 0 radical (unpaired) electrons. The van der Waals surface area contributed by atoms with E-state index in [-0.39, 0.29) is 5.97 Å². The topological polar surface area (TPSA) is 26.3 Å². The van der Waals surface area contributed by atoms with Crippen LogP contribution in [0.1, 0.15) is 21.5 Å². The molecule has 1 aliphatic rings. The first-order valence-electron chi connectivity index (χ1n) is 4.15. The summed E-state index contributed by atoms with van der Waals surface area (Å²) in [6.45, 7) is 2.32. The number of carbonyl (C=O) groups excluding carboxylic acids is 1. The number of halogens is 1. The first-order chi connectivity index (χ1) is 6.20. The summed E-state index contributed by atoms with van der Waals surface area (Å²) in [6, 6.07) is 3.72. The van der Waals surface area contributed by atoms with E-state index in [1.54, 1.807) is 0 Å². The van der Waals surface area contributed by atoms with Gasteiger partial charge in [0, 0.05) is 11.4 Å². The summed E-state index contributed by atoms with van der Waals surface area (Å²) in [7, 11) is 0. The Bertz CT molecular complexity index is 371. The number of carbonyl (C=O) groups is 1. The molecular weight excluding hydrogens is 188 g/mol. The molecule has 1 aliphatic heterocycles. The Morgan fingerprint density at radius 3 is 3.00 bits per heavy atom. The Morgan fingerprint density at radius 2 is 2.23 bits per heavy atom. The highest BCUT2D eigenvalue weighted by Crippen LogP contribution is 2.26. The van der Waals surface area contributed by atoms with Crippen LogP contribution >= 0.6 is 11.6 Å². The standard InChI is InChI=1S/C10H9ClO2/c1-6-8(11)3-2-7-4-5-13-10(12)9(6)7/h2-3H,4-5H2,1H3. The van der Waals surface area contributed by atoms with Crippen LogP contribution in [-0.2, 0) is 11.2 Å². The summed E-state index contributed by atoms with van der Waals surface area (Å²) in [5.41, 5.74) is 2.51. The lowest BCUT2D eigenvalue weighted by Crippen LogP contribution is -2.18. The van der Waals surface area contributed by atoms with E-state index >= 15 is 0 Å². The average Bonchev–Trinajstić information content (AvgIpc) is 2.12. The maximum absolute atomic E-state index is 11.4. The van der Waals surface area contributed by atoms with Crippen LogP contribution in [0.3, 0.4) is 0 Å². The van der Waals surface area contributed by atoms with Crippen LogP contribution in [0.15, 0.2) is 12.1 Å². The van der Waals surface area contributed by atoms with Crippen molar-refractivity contribution in [2.24, 2.45) is 0 Å². The van der Waals surface area contributed by atoms with Gasteiger partial charge < -0.3 is 4.74 Å². The van der Waals surface area contributed by atoms with Gasteiger partial charge in [0.15, 0.2) is 0 Å². The molecule has 0 aliphatic carbocycles. The Kier molecular flexibility index (Phi) is 2.00. The van der Waals surface area contributed by atoms with Crippen molar-refractivity contribution >= 4 is 17.6 Å². The quantitative estimate of drug-likeness (QED) is 0.596. The number of hydrogen-bond acceptors (Lipinski definition) is 2. The van der Waals surface area contributed by atoms with Gasteiger partial charge in [-0.05, 0) is 24.1 Å². The molecule has 0 saturated heterocycles. The second-order valence-corrected chi connectivity index (χ2v) is 3.50. The number of benzene rings is 1. The summed E-state index contributed by atoms with van der Waals surface area (Å²) in [4.78, 5) is 11.4. The molecule has 68 valence electrons. The molecule has 1 aromatic carbocycles. The fourth-order valence-electron chi connectivity index (χ4n) is 1.56. The second kappa shape index (κ2) is 3.04. The normalized spacial score (nSPS) is 15.1.